The van der Waals surface area contributed by atoms with Gasteiger partial charge in [0.1, 0.15) is 6.10 Å². The van der Waals surface area contributed by atoms with Crippen LogP contribution in [0.4, 0.5) is 0 Å². The fourth-order valence-electron chi connectivity index (χ4n) is 3.24. The molecule has 4 unspecified atom stereocenters. The molecule has 1 aliphatic heterocycles. The molecular weight excluding hydrogens is 318 g/mol. The highest BCUT2D eigenvalue weighted by molar-refractivity contribution is 5.73. The third-order valence-electron chi connectivity index (χ3n) is 5.04. The topological polar surface area (TPSA) is 59.0 Å². The van der Waals surface area contributed by atoms with Crippen LogP contribution in [0.1, 0.15) is 72.1 Å². The van der Waals surface area contributed by atoms with Crippen molar-refractivity contribution in [1.82, 2.24) is 4.90 Å². The lowest BCUT2D eigenvalue weighted by Crippen LogP contribution is -2.30. The monoisotopic (exact) mass is 357 g/mol. The van der Waals surface area contributed by atoms with Crippen LogP contribution in [0.5, 0.6) is 0 Å². The van der Waals surface area contributed by atoms with Crippen molar-refractivity contribution in [2.24, 2.45) is 11.8 Å². The molecule has 1 heterocycles. The van der Waals surface area contributed by atoms with Gasteiger partial charge in [-0.05, 0) is 33.4 Å². The van der Waals surface area contributed by atoms with Gasteiger partial charge in [0, 0.05) is 12.5 Å². The van der Waals surface area contributed by atoms with Crippen molar-refractivity contribution >= 4 is 5.97 Å². The number of esters is 1. The third-order valence-corrected chi connectivity index (χ3v) is 5.04. The smallest absolute Gasteiger partial charge is 0.310 e. The molecule has 4 atom stereocenters. The van der Waals surface area contributed by atoms with Gasteiger partial charge in [0.15, 0.2) is 6.29 Å². The molecule has 5 nitrogen and oxygen atoms in total. The molecule has 0 saturated carbocycles. The molecule has 1 fully saturated rings. The Labute approximate surface area is 154 Å². The van der Waals surface area contributed by atoms with Crippen LogP contribution in [0.3, 0.4) is 0 Å². The van der Waals surface area contributed by atoms with Crippen LogP contribution in [0.25, 0.3) is 0 Å². The normalized spacial score (nSPS) is 21.9. The first-order valence-electron chi connectivity index (χ1n) is 10.1. The lowest BCUT2D eigenvalue weighted by Gasteiger charge is -2.22. The summed E-state index contributed by atoms with van der Waals surface area (Å²) in [5.74, 6) is -0.0587. The Bertz CT molecular complexity index is 364. The molecule has 5 heteroatoms. The zero-order chi connectivity index (χ0) is 18.7. The van der Waals surface area contributed by atoms with Gasteiger partial charge >= 0.3 is 5.97 Å². The van der Waals surface area contributed by atoms with Crippen molar-refractivity contribution in [3.63, 3.8) is 0 Å². The summed E-state index contributed by atoms with van der Waals surface area (Å²) in [5.41, 5.74) is 0. The van der Waals surface area contributed by atoms with Crippen LogP contribution in [0.2, 0.25) is 0 Å². The lowest BCUT2D eigenvalue weighted by atomic mass is 10.0. The summed E-state index contributed by atoms with van der Waals surface area (Å²) in [5, 5.41) is 10.1. The highest BCUT2D eigenvalue weighted by Crippen LogP contribution is 2.18. The first-order valence-corrected chi connectivity index (χ1v) is 10.1. The van der Waals surface area contributed by atoms with Gasteiger partial charge in [-0.25, -0.2) is 0 Å². The molecule has 0 aromatic rings. The van der Waals surface area contributed by atoms with Gasteiger partial charge in [0.2, 0.25) is 0 Å². The molecule has 1 rings (SSSR count). The molecule has 0 aliphatic carbocycles. The number of ether oxygens (including phenoxy) is 2. The van der Waals surface area contributed by atoms with E-state index >= 15 is 0 Å². The number of unbranched alkanes of at least 4 members (excludes halogenated alkanes) is 5. The second-order valence-corrected chi connectivity index (χ2v) is 7.75. The zero-order valence-electron chi connectivity index (χ0n) is 16.7. The maximum absolute atomic E-state index is 12.1. The summed E-state index contributed by atoms with van der Waals surface area (Å²) in [6, 6.07) is 0. The quantitative estimate of drug-likeness (QED) is 0.310. The molecule has 25 heavy (non-hydrogen) atoms. The Kier molecular flexibility index (Phi) is 11.3. The Hall–Kier alpha value is -0.650. The molecule has 1 saturated heterocycles. The predicted octanol–water partition coefficient (Wildman–Crippen LogP) is 3.59. The van der Waals surface area contributed by atoms with E-state index in [2.05, 4.69) is 11.8 Å². The van der Waals surface area contributed by atoms with Gasteiger partial charge in [-0.3, -0.25) is 4.79 Å². The van der Waals surface area contributed by atoms with Crippen LogP contribution in [0.15, 0.2) is 0 Å². The highest BCUT2D eigenvalue weighted by atomic mass is 16.6. The van der Waals surface area contributed by atoms with Gasteiger partial charge < -0.3 is 19.5 Å². The first-order chi connectivity index (χ1) is 11.9. The second kappa shape index (κ2) is 12.7. The fourth-order valence-corrected chi connectivity index (χ4v) is 3.24. The molecule has 1 aliphatic rings. The lowest BCUT2D eigenvalue weighted by molar-refractivity contribution is -0.171. The summed E-state index contributed by atoms with van der Waals surface area (Å²) in [6.45, 7) is 8.02. The highest BCUT2D eigenvalue weighted by Gasteiger charge is 2.28. The number of aliphatic hydroxyl groups is 1. The van der Waals surface area contributed by atoms with E-state index < -0.39 is 6.29 Å². The molecule has 0 amide bonds. The van der Waals surface area contributed by atoms with Crippen LogP contribution in [-0.4, -0.2) is 55.1 Å². The van der Waals surface area contributed by atoms with E-state index in [1.54, 1.807) is 0 Å². The number of hydrogen-bond donors (Lipinski definition) is 1. The van der Waals surface area contributed by atoms with Crippen molar-refractivity contribution < 1.29 is 19.4 Å². The van der Waals surface area contributed by atoms with E-state index in [-0.39, 0.29) is 30.5 Å². The molecular formula is C20H39NO4. The standard InChI is InChI=1S/C20H39NO4/c1-5-6-7-8-9-10-11-16(2)19(22)24-15-17(3)25-20(23)18-12-13-21(4)14-18/h16-19,22H,5-15H2,1-4H3. The van der Waals surface area contributed by atoms with Crippen LogP contribution in [-0.2, 0) is 14.3 Å². The number of aliphatic hydroxyl groups excluding tert-OH is 1. The summed E-state index contributed by atoms with van der Waals surface area (Å²) in [7, 11) is 2.02. The van der Waals surface area contributed by atoms with Crippen molar-refractivity contribution in [2.45, 2.75) is 84.5 Å². The molecule has 148 valence electrons. The molecule has 0 aromatic heterocycles. The average Bonchev–Trinajstić information content (AvgIpc) is 3.02. The maximum Gasteiger partial charge on any atom is 0.310 e. The summed E-state index contributed by atoms with van der Waals surface area (Å²) < 4.78 is 11.0. The number of likely N-dealkylation sites (tertiary alicyclic amines) is 1. The van der Waals surface area contributed by atoms with Crippen LogP contribution in [0, 0.1) is 11.8 Å². The second-order valence-electron chi connectivity index (χ2n) is 7.75. The van der Waals surface area contributed by atoms with Gasteiger partial charge in [0.25, 0.3) is 0 Å². The maximum atomic E-state index is 12.1. The van der Waals surface area contributed by atoms with Crippen molar-refractivity contribution in [2.75, 3.05) is 26.7 Å². The first kappa shape index (κ1) is 22.4. The van der Waals surface area contributed by atoms with Gasteiger partial charge in [-0.2, -0.15) is 0 Å². The summed E-state index contributed by atoms with van der Waals surface area (Å²) in [4.78, 5) is 14.2. The van der Waals surface area contributed by atoms with Gasteiger partial charge in [-0.15, -0.1) is 0 Å². The van der Waals surface area contributed by atoms with Crippen molar-refractivity contribution in [3.8, 4) is 0 Å². The largest absolute Gasteiger partial charge is 0.460 e. The van der Waals surface area contributed by atoms with Crippen LogP contribution >= 0.6 is 0 Å². The Morgan fingerprint density at radius 2 is 1.88 bits per heavy atom. The minimum atomic E-state index is -0.783. The fraction of sp³-hybridized carbons (Fsp3) is 0.950. The summed E-state index contributed by atoms with van der Waals surface area (Å²) in [6.07, 6.45) is 8.24. The van der Waals surface area contributed by atoms with E-state index in [0.717, 1.165) is 32.4 Å². The van der Waals surface area contributed by atoms with Gasteiger partial charge in [-0.1, -0.05) is 52.4 Å². The van der Waals surface area contributed by atoms with E-state index in [0.29, 0.717) is 0 Å². The molecule has 0 bridgehead atoms. The zero-order valence-corrected chi connectivity index (χ0v) is 16.7. The Morgan fingerprint density at radius 1 is 1.20 bits per heavy atom. The van der Waals surface area contributed by atoms with Gasteiger partial charge in [0.05, 0.1) is 12.5 Å². The Morgan fingerprint density at radius 3 is 2.52 bits per heavy atom. The number of carbonyl (C=O) groups excluding carboxylic acids is 1. The number of nitrogens with zero attached hydrogens (tertiary/aromatic N) is 1. The molecule has 0 aromatic carbocycles. The number of hydrogen-bond acceptors (Lipinski definition) is 5. The van der Waals surface area contributed by atoms with E-state index in [1.807, 2.05) is 20.9 Å². The molecule has 0 radical (unpaired) electrons. The van der Waals surface area contributed by atoms with E-state index in [9.17, 15) is 9.90 Å². The van der Waals surface area contributed by atoms with Crippen molar-refractivity contribution in [1.29, 1.82) is 0 Å². The van der Waals surface area contributed by atoms with Crippen molar-refractivity contribution in [3.05, 3.63) is 0 Å². The minimum absolute atomic E-state index is 0.0241. The number of rotatable bonds is 13. The van der Waals surface area contributed by atoms with Crippen LogP contribution < -0.4 is 0 Å². The molecule has 1 N–H and O–H groups in total. The SMILES string of the molecule is CCCCCCCCC(C)C(O)OCC(C)OC(=O)C1CCN(C)C1. The van der Waals surface area contributed by atoms with E-state index in [1.165, 1.54) is 32.1 Å². The van der Waals surface area contributed by atoms with E-state index in [4.69, 9.17) is 9.47 Å². The third kappa shape index (κ3) is 9.57. The molecule has 0 spiro atoms. The predicted molar refractivity (Wildman–Crippen MR) is 100 cm³/mol. The average molecular weight is 358 g/mol. The Balaban J connectivity index is 2.10. The number of carbonyl (C=O) groups is 1. The summed E-state index contributed by atoms with van der Waals surface area (Å²) >= 11 is 0. The minimum Gasteiger partial charge on any atom is -0.460 e.